The van der Waals surface area contributed by atoms with Gasteiger partial charge in [0.1, 0.15) is 5.75 Å². The maximum atomic E-state index is 12.4. The van der Waals surface area contributed by atoms with Gasteiger partial charge in [0, 0.05) is 24.7 Å². The molecule has 0 saturated carbocycles. The third-order valence-electron chi connectivity index (χ3n) is 4.71. The van der Waals surface area contributed by atoms with Crippen LogP contribution >= 0.6 is 0 Å². The standard InChI is InChI=1S/C22H26N2O3/c1-16(2)22(17-8-4-3-5-9-17)23-20(25)15-27-19-11-6-10-18(14-19)24-13-7-12-21(24)26/h3-6,8-11,14,16,22H,7,12-13,15H2,1-2H3,(H,23,25)/t22-/m0/s1. The van der Waals surface area contributed by atoms with E-state index in [-0.39, 0.29) is 30.4 Å². The SMILES string of the molecule is CC(C)[C@H](NC(=O)COc1cccc(N2CCCC2=O)c1)c1ccccc1. The van der Waals surface area contributed by atoms with Gasteiger partial charge in [-0.2, -0.15) is 0 Å². The minimum atomic E-state index is -0.166. The molecule has 0 radical (unpaired) electrons. The maximum absolute atomic E-state index is 12.4. The van der Waals surface area contributed by atoms with E-state index in [2.05, 4.69) is 19.2 Å². The highest BCUT2D eigenvalue weighted by Gasteiger charge is 2.22. The highest BCUT2D eigenvalue weighted by atomic mass is 16.5. The Kier molecular flexibility index (Phi) is 6.12. The van der Waals surface area contributed by atoms with Gasteiger partial charge in [-0.15, -0.1) is 0 Å². The van der Waals surface area contributed by atoms with Crippen LogP contribution in [0.25, 0.3) is 0 Å². The molecule has 1 aliphatic rings. The van der Waals surface area contributed by atoms with Crippen LogP contribution in [0.4, 0.5) is 5.69 Å². The van der Waals surface area contributed by atoms with Gasteiger partial charge in [-0.1, -0.05) is 50.2 Å². The van der Waals surface area contributed by atoms with Gasteiger partial charge < -0.3 is 15.0 Å². The molecule has 1 aliphatic heterocycles. The molecule has 2 amide bonds. The van der Waals surface area contributed by atoms with Crippen molar-refractivity contribution in [2.24, 2.45) is 5.92 Å². The van der Waals surface area contributed by atoms with Crippen molar-refractivity contribution in [2.45, 2.75) is 32.7 Å². The molecule has 0 spiro atoms. The van der Waals surface area contributed by atoms with Crippen molar-refractivity contribution in [3.63, 3.8) is 0 Å². The van der Waals surface area contributed by atoms with E-state index in [1.165, 1.54) is 0 Å². The number of rotatable bonds is 7. The lowest BCUT2D eigenvalue weighted by Gasteiger charge is -2.23. The van der Waals surface area contributed by atoms with Crippen LogP contribution in [0, 0.1) is 5.92 Å². The Morgan fingerprint density at radius 1 is 1.15 bits per heavy atom. The maximum Gasteiger partial charge on any atom is 0.258 e. The summed E-state index contributed by atoms with van der Waals surface area (Å²) in [5, 5.41) is 3.05. The number of amides is 2. The molecule has 5 heteroatoms. The average molecular weight is 366 g/mol. The zero-order valence-corrected chi connectivity index (χ0v) is 15.9. The summed E-state index contributed by atoms with van der Waals surface area (Å²) in [6.07, 6.45) is 1.46. The van der Waals surface area contributed by atoms with Crippen LogP contribution in [0.2, 0.25) is 0 Å². The highest BCUT2D eigenvalue weighted by molar-refractivity contribution is 5.95. The van der Waals surface area contributed by atoms with E-state index in [1.54, 1.807) is 11.0 Å². The van der Waals surface area contributed by atoms with Crippen molar-refractivity contribution >= 4 is 17.5 Å². The molecule has 2 aromatic rings. The molecule has 142 valence electrons. The first-order valence-corrected chi connectivity index (χ1v) is 9.42. The van der Waals surface area contributed by atoms with E-state index in [1.807, 2.05) is 48.5 Å². The number of hydrogen-bond acceptors (Lipinski definition) is 3. The molecule has 3 rings (SSSR count). The Labute approximate surface area is 160 Å². The second-order valence-corrected chi connectivity index (χ2v) is 7.13. The molecule has 1 atom stereocenters. The number of nitrogens with zero attached hydrogens (tertiary/aromatic N) is 1. The van der Waals surface area contributed by atoms with Gasteiger partial charge in [-0.05, 0) is 30.0 Å². The number of benzene rings is 2. The van der Waals surface area contributed by atoms with Crippen molar-refractivity contribution in [2.75, 3.05) is 18.1 Å². The lowest BCUT2D eigenvalue weighted by Crippen LogP contribution is -2.35. The summed E-state index contributed by atoms with van der Waals surface area (Å²) in [5.74, 6) is 0.816. The molecule has 0 aromatic heterocycles. The Morgan fingerprint density at radius 3 is 2.59 bits per heavy atom. The van der Waals surface area contributed by atoms with Crippen LogP contribution in [-0.2, 0) is 9.59 Å². The topological polar surface area (TPSA) is 58.6 Å². The molecule has 1 heterocycles. The first-order chi connectivity index (χ1) is 13.0. The van der Waals surface area contributed by atoms with Crippen molar-refractivity contribution in [3.8, 4) is 5.75 Å². The van der Waals surface area contributed by atoms with Gasteiger partial charge >= 0.3 is 0 Å². The van der Waals surface area contributed by atoms with Crippen LogP contribution < -0.4 is 15.0 Å². The summed E-state index contributed by atoms with van der Waals surface area (Å²) in [7, 11) is 0. The zero-order valence-electron chi connectivity index (χ0n) is 15.9. The normalized spacial score (nSPS) is 15.1. The fraction of sp³-hybridized carbons (Fsp3) is 0.364. The van der Waals surface area contributed by atoms with Gasteiger partial charge in [-0.3, -0.25) is 9.59 Å². The molecule has 0 bridgehead atoms. The van der Waals surface area contributed by atoms with Gasteiger partial charge in [0.2, 0.25) is 5.91 Å². The van der Waals surface area contributed by atoms with Crippen LogP contribution in [0.1, 0.15) is 38.3 Å². The fourth-order valence-corrected chi connectivity index (χ4v) is 3.32. The van der Waals surface area contributed by atoms with Crippen LogP contribution in [0.5, 0.6) is 5.75 Å². The van der Waals surface area contributed by atoms with Crippen LogP contribution in [0.15, 0.2) is 54.6 Å². The minimum absolute atomic E-state index is 0.0594. The molecule has 1 saturated heterocycles. The number of carbonyl (C=O) groups is 2. The highest BCUT2D eigenvalue weighted by Crippen LogP contribution is 2.25. The summed E-state index contributed by atoms with van der Waals surface area (Å²) in [5.41, 5.74) is 1.90. The zero-order chi connectivity index (χ0) is 19.2. The summed E-state index contributed by atoms with van der Waals surface area (Å²) >= 11 is 0. The Bertz CT molecular complexity index is 789. The number of hydrogen-bond donors (Lipinski definition) is 1. The number of anilines is 1. The number of nitrogens with one attached hydrogen (secondary N) is 1. The van der Waals surface area contributed by atoms with Crippen LogP contribution in [0.3, 0.4) is 0 Å². The summed E-state index contributed by atoms with van der Waals surface area (Å²) in [4.78, 5) is 26.1. The van der Waals surface area contributed by atoms with Gasteiger partial charge in [0.25, 0.3) is 5.91 Å². The molecule has 5 nitrogen and oxygen atoms in total. The van der Waals surface area contributed by atoms with E-state index in [9.17, 15) is 9.59 Å². The Balaban J connectivity index is 1.59. The summed E-state index contributed by atoms with van der Waals surface area (Å²) in [6.45, 7) is 4.83. The summed E-state index contributed by atoms with van der Waals surface area (Å²) < 4.78 is 5.67. The summed E-state index contributed by atoms with van der Waals surface area (Å²) in [6, 6.07) is 17.2. The second kappa shape index (κ2) is 8.71. The third kappa shape index (κ3) is 4.88. The quantitative estimate of drug-likeness (QED) is 0.813. The molecule has 1 fully saturated rings. The molecule has 0 aliphatic carbocycles. The first kappa shape index (κ1) is 19.0. The van der Waals surface area contributed by atoms with Crippen molar-refractivity contribution < 1.29 is 14.3 Å². The molecule has 2 aromatic carbocycles. The van der Waals surface area contributed by atoms with Crippen molar-refractivity contribution in [1.29, 1.82) is 0 Å². The molecular weight excluding hydrogens is 340 g/mol. The van der Waals surface area contributed by atoms with E-state index in [0.717, 1.165) is 24.2 Å². The lowest BCUT2D eigenvalue weighted by atomic mass is 9.96. The van der Waals surface area contributed by atoms with E-state index in [4.69, 9.17) is 4.74 Å². The largest absolute Gasteiger partial charge is 0.484 e. The van der Waals surface area contributed by atoms with Crippen LogP contribution in [-0.4, -0.2) is 25.0 Å². The monoisotopic (exact) mass is 366 g/mol. The van der Waals surface area contributed by atoms with Gasteiger partial charge in [0.05, 0.1) is 6.04 Å². The van der Waals surface area contributed by atoms with E-state index >= 15 is 0 Å². The Hall–Kier alpha value is -2.82. The number of ether oxygens (including phenoxy) is 1. The average Bonchev–Trinajstić information content (AvgIpc) is 3.11. The van der Waals surface area contributed by atoms with E-state index < -0.39 is 0 Å². The molecule has 27 heavy (non-hydrogen) atoms. The fourth-order valence-electron chi connectivity index (χ4n) is 3.32. The lowest BCUT2D eigenvalue weighted by molar-refractivity contribution is -0.124. The molecule has 0 unspecified atom stereocenters. The van der Waals surface area contributed by atoms with Gasteiger partial charge in [0.15, 0.2) is 6.61 Å². The molecular formula is C22H26N2O3. The minimum Gasteiger partial charge on any atom is -0.484 e. The van der Waals surface area contributed by atoms with Gasteiger partial charge in [-0.25, -0.2) is 0 Å². The van der Waals surface area contributed by atoms with Crippen molar-refractivity contribution in [1.82, 2.24) is 5.32 Å². The predicted molar refractivity (Wildman–Crippen MR) is 106 cm³/mol. The van der Waals surface area contributed by atoms with Crippen molar-refractivity contribution in [3.05, 3.63) is 60.2 Å². The first-order valence-electron chi connectivity index (χ1n) is 9.42. The Morgan fingerprint density at radius 2 is 1.93 bits per heavy atom. The predicted octanol–water partition coefficient (Wildman–Crippen LogP) is 3.71. The number of carbonyl (C=O) groups excluding carboxylic acids is 2. The van der Waals surface area contributed by atoms with E-state index in [0.29, 0.717) is 12.2 Å². The molecule has 1 N–H and O–H groups in total. The third-order valence-corrected chi connectivity index (χ3v) is 4.71. The smallest absolute Gasteiger partial charge is 0.258 e. The second-order valence-electron chi connectivity index (χ2n) is 7.13.